The first-order valence-electron chi connectivity index (χ1n) is 7.64. The maximum absolute atomic E-state index is 11.3. The maximum Gasteiger partial charge on any atom is 0.320 e. The van der Waals surface area contributed by atoms with Gasteiger partial charge in [-0.15, -0.1) is 0 Å². The summed E-state index contributed by atoms with van der Waals surface area (Å²) in [7, 11) is 0. The fourth-order valence-corrected chi connectivity index (χ4v) is 3.34. The molecular formula is C16H18BrN3O3. The predicted octanol–water partition coefficient (Wildman–Crippen LogP) is 2.86. The molecule has 1 aliphatic heterocycles. The number of benzene rings is 1. The lowest BCUT2D eigenvalue weighted by molar-refractivity contribution is -0.145. The van der Waals surface area contributed by atoms with Gasteiger partial charge in [-0.1, -0.05) is 39.6 Å². The van der Waals surface area contributed by atoms with Gasteiger partial charge in [0.25, 0.3) is 0 Å². The van der Waals surface area contributed by atoms with E-state index in [0.29, 0.717) is 31.1 Å². The van der Waals surface area contributed by atoms with Crippen LogP contribution < -0.4 is 0 Å². The fourth-order valence-electron chi connectivity index (χ4n) is 2.89. The number of hydrogen-bond donors (Lipinski definition) is 1. The summed E-state index contributed by atoms with van der Waals surface area (Å²) in [6.45, 7) is 1.14. The number of piperidine rings is 1. The van der Waals surface area contributed by atoms with Crippen LogP contribution in [0.5, 0.6) is 0 Å². The van der Waals surface area contributed by atoms with Crippen LogP contribution in [0.25, 0.3) is 0 Å². The number of carboxylic acid groups (broad SMARTS) is 1. The van der Waals surface area contributed by atoms with Gasteiger partial charge in [-0.05, 0) is 37.1 Å². The average molecular weight is 380 g/mol. The number of aromatic nitrogens is 2. The minimum absolute atomic E-state index is 0.391. The molecule has 3 rings (SSSR count). The maximum atomic E-state index is 11.3. The zero-order valence-corrected chi connectivity index (χ0v) is 14.2. The predicted molar refractivity (Wildman–Crippen MR) is 86.9 cm³/mol. The first kappa shape index (κ1) is 16.1. The summed E-state index contributed by atoms with van der Waals surface area (Å²) in [6.07, 6.45) is 3.22. The minimum Gasteiger partial charge on any atom is -0.480 e. The van der Waals surface area contributed by atoms with E-state index in [9.17, 15) is 9.90 Å². The highest BCUT2D eigenvalue weighted by Gasteiger charge is 2.29. The molecular weight excluding hydrogens is 362 g/mol. The number of halogens is 1. The molecule has 0 amide bonds. The van der Waals surface area contributed by atoms with Crippen molar-refractivity contribution in [3.8, 4) is 0 Å². The third-order valence-electron chi connectivity index (χ3n) is 4.00. The van der Waals surface area contributed by atoms with E-state index >= 15 is 0 Å². The lowest BCUT2D eigenvalue weighted by Gasteiger charge is -2.31. The van der Waals surface area contributed by atoms with Gasteiger partial charge in [0.1, 0.15) is 6.04 Å². The molecule has 23 heavy (non-hydrogen) atoms. The highest BCUT2D eigenvalue weighted by atomic mass is 79.9. The van der Waals surface area contributed by atoms with Crippen LogP contribution >= 0.6 is 15.9 Å². The normalized spacial score (nSPS) is 18.9. The molecule has 7 heteroatoms. The van der Waals surface area contributed by atoms with Gasteiger partial charge >= 0.3 is 5.97 Å². The van der Waals surface area contributed by atoms with E-state index in [1.54, 1.807) is 0 Å². The van der Waals surface area contributed by atoms with Crippen molar-refractivity contribution >= 4 is 21.9 Å². The van der Waals surface area contributed by atoms with Crippen LogP contribution in [0.2, 0.25) is 0 Å². The summed E-state index contributed by atoms with van der Waals surface area (Å²) in [6, 6.07) is 7.50. The van der Waals surface area contributed by atoms with Crippen LogP contribution in [0.1, 0.15) is 36.5 Å². The van der Waals surface area contributed by atoms with Gasteiger partial charge in [0.15, 0.2) is 5.82 Å². The van der Waals surface area contributed by atoms with E-state index in [0.717, 1.165) is 29.4 Å². The van der Waals surface area contributed by atoms with Crippen molar-refractivity contribution in [1.29, 1.82) is 0 Å². The summed E-state index contributed by atoms with van der Waals surface area (Å²) in [5.41, 5.74) is 1.09. The molecule has 1 aromatic carbocycles. The molecule has 1 aliphatic rings. The van der Waals surface area contributed by atoms with Crippen LogP contribution in [0, 0.1) is 0 Å². The van der Waals surface area contributed by atoms with Crippen LogP contribution in [0.3, 0.4) is 0 Å². The Morgan fingerprint density at radius 3 is 3.09 bits per heavy atom. The van der Waals surface area contributed by atoms with Crippen molar-refractivity contribution in [2.45, 2.75) is 38.3 Å². The number of nitrogens with zero attached hydrogens (tertiary/aromatic N) is 3. The van der Waals surface area contributed by atoms with E-state index in [1.165, 1.54) is 0 Å². The quantitative estimate of drug-likeness (QED) is 0.860. The zero-order chi connectivity index (χ0) is 16.2. The van der Waals surface area contributed by atoms with Gasteiger partial charge in [-0.3, -0.25) is 9.69 Å². The van der Waals surface area contributed by atoms with Crippen LogP contribution in [0.4, 0.5) is 0 Å². The summed E-state index contributed by atoms with van der Waals surface area (Å²) < 4.78 is 6.30. The summed E-state index contributed by atoms with van der Waals surface area (Å²) in [5.74, 6) is 0.309. The van der Waals surface area contributed by atoms with Crippen LogP contribution in [0.15, 0.2) is 33.3 Å². The van der Waals surface area contributed by atoms with Crippen molar-refractivity contribution in [3.05, 3.63) is 46.0 Å². The second-order valence-corrected chi connectivity index (χ2v) is 6.65. The molecule has 0 radical (unpaired) electrons. The summed E-state index contributed by atoms with van der Waals surface area (Å²) in [5, 5.41) is 13.3. The number of rotatable bonds is 5. The van der Waals surface area contributed by atoms with Crippen molar-refractivity contribution in [3.63, 3.8) is 0 Å². The lowest BCUT2D eigenvalue weighted by Crippen LogP contribution is -2.44. The SMILES string of the molecule is O=C(O)C1CCCCN1Cc1nc(Cc2cccc(Br)c2)no1. The molecule has 0 bridgehead atoms. The molecule has 2 aromatic rings. The van der Waals surface area contributed by atoms with Crippen molar-refractivity contribution < 1.29 is 14.4 Å². The number of carboxylic acids is 1. The molecule has 6 nitrogen and oxygen atoms in total. The Hall–Kier alpha value is -1.73. The monoisotopic (exact) mass is 379 g/mol. The zero-order valence-electron chi connectivity index (χ0n) is 12.6. The molecule has 1 unspecified atom stereocenters. The lowest BCUT2D eigenvalue weighted by atomic mass is 10.0. The Bertz CT molecular complexity index is 689. The molecule has 1 aromatic heterocycles. The van der Waals surface area contributed by atoms with Crippen LogP contribution in [-0.4, -0.2) is 38.7 Å². The molecule has 2 heterocycles. The van der Waals surface area contributed by atoms with E-state index in [4.69, 9.17) is 4.52 Å². The topological polar surface area (TPSA) is 79.5 Å². The van der Waals surface area contributed by atoms with Gasteiger partial charge in [0.2, 0.25) is 5.89 Å². The van der Waals surface area contributed by atoms with Gasteiger partial charge in [-0.2, -0.15) is 4.98 Å². The molecule has 122 valence electrons. The second-order valence-electron chi connectivity index (χ2n) is 5.73. The van der Waals surface area contributed by atoms with Gasteiger partial charge in [-0.25, -0.2) is 0 Å². The van der Waals surface area contributed by atoms with Gasteiger partial charge < -0.3 is 9.63 Å². The molecule has 0 spiro atoms. The Labute approximate surface area is 142 Å². The van der Waals surface area contributed by atoms with E-state index < -0.39 is 12.0 Å². The Morgan fingerprint density at radius 2 is 2.30 bits per heavy atom. The third kappa shape index (κ3) is 4.17. The van der Waals surface area contributed by atoms with Crippen molar-refractivity contribution in [2.75, 3.05) is 6.54 Å². The average Bonchev–Trinajstić information content (AvgIpc) is 2.94. The molecule has 1 N–H and O–H groups in total. The highest BCUT2D eigenvalue weighted by molar-refractivity contribution is 9.10. The molecule has 1 atom stereocenters. The summed E-state index contributed by atoms with van der Waals surface area (Å²) in [4.78, 5) is 17.6. The number of likely N-dealkylation sites (tertiary alicyclic amines) is 1. The molecule has 0 aliphatic carbocycles. The first-order valence-corrected chi connectivity index (χ1v) is 8.44. The van der Waals surface area contributed by atoms with Crippen molar-refractivity contribution in [1.82, 2.24) is 15.0 Å². The minimum atomic E-state index is -0.779. The second kappa shape index (κ2) is 7.23. The van der Waals surface area contributed by atoms with Crippen molar-refractivity contribution in [2.24, 2.45) is 0 Å². The Kier molecular flexibility index (Phi) is 5.07. The van der Waals surface area contributed by atoms with E-state index in [2.05, 4.69) is 26.1 Å². The largest absolute Gasteiger partial charge is 0.480 e. The fraction of sp³-hybridized carbons (Fsp3) is 0.438. The summed E-state index contributed by atoms with van der Waals surface area (Å²) >= 11 is 3.44. The molecule has 1 saturated heterocycles. The van der Waals surface area contributed by atoms with Gasteiger partial charge in [0.05, 0.1) is 6.54 Å². The Morgan fingerprint density at radius 1 is 1.43 bits per heavy atom. The van der Waals surface area contributed by atoms with Crippen LogP contribution in [-0.2, 0) is 17.8 Å². The molecule has 0 saturated carbocycles. The smallest absolute Gasteiger partial charge is 0.320 e. The number of carbonyl (C=O) groups is 1. The van der Waals surface area contributed by atoms with Gasteiger partial charge in [0, 0.05) is 10.9 Å². The van der Waals surface area contributed by atoms with E-state index in [-0.39, 0.29) is 0 Å². The first-order chi connectivity index (χ1) is 11.1. The molecule has 1 fully saturated rings. The standard InChI is InChI=1S/C16H18BrN3O3/c17-12-5-3-4-11(8-12)9-14-18-15(23-19-14)10-20-7-2-1-6-13(20)16(21)22/h3-5,8,13H,1-2,6-7,9-10H2,(H,21,22). The van der Waals surface area contributed by atoms with E-state index in [1.807, 2.05) is 29.2 Å². The Balaban J connectivity index is 1.66. The highest BCUT2D eigenvalue weighted by Crippen LogP contribution is 2.20. The number of hydrogen-bond acceptors (Lipinski definition) is 5. The number of aliphatic carboxylic acids is 1. The third-order valence-corrected chi connectivity index (χ3v) is 4.49.